The monoisotopic (exact) mass is 297 g/mol. The van der Waals surface area contributed by atoms with Crippen LogP contribution in [-0.4, -0.2) is 0 Å². The van der Waals surface area contributed by atoms with Crippen molar-refractivity contribution in [3.63, 3.8) is 0 Å². The van der Waals surface area contributed by atoms with Gasteiger partial charge >= 0.3 is 0 Å². The van der Waals surface area contributed by atoms with E-state index in [2.05, 4.69) is 42.5 Å². The first-order valence-electron chi connectivity index (χ1n) is 7.67. The molecule has 110 valence electrons. The molecule has 2 atom stereocenters. The van der Waals surface area contributed by atoms with Gasteiger partial charge in [-0.05, 0) is 29.3 Å². The highest BCUT2D eigenvalue weighted by Crippen LogP contribution is 2.49. The lowest BCUT2D eigenvalue weighted by molar-refractivity contribution is 0.222. The summed E-state index contributed by atoms with van der Waals surface area (Å²) in [7, 11) is 0. The van der Waals surface area contributed by atoms with Crippen molar-refractivity contribution in [2.24, 2.45) is 0 Å². The highest BCUT2D eigenvalue weighted by molar-refractivity contribution is 5.49. The van der Waals surface area contributed by atoms with E-state index in [0.29, 0.717) is 5.56 Å². The lowest BCUT2D eigenvalue weighted by atomic mass is 9.85. The summed E-state index contributed by atoms with van der Waals surface area (Å²) >= 11 is 0. The van der Waals surface area contributed by atoms with E-state index in [1.54, 1.807) is 0 Å². The second-order valence-corrected chi connectivity index (χ2v) is 5.70. The summed E-state index contributed by atoms with van der Waals surface area (Å²) in [4.78, 5) is 0. The fourth-order valence-electron chi connectivity index (χ4n) is 3.24. The zero-order valence-electron chi connectivity index (χ0n) is 12.5. The molecular weight excluding hydrogens is 282 g/mol. The third-order valence-electron chi connectivity index (χ3n) is 4.34. The number of rotatable bonds is 2. The molecule has 1 heterocycles. The predicted octanol–water partition coefficient (Wildman–Crippen LogP) is 4.82. The minimum atomic E-state index is -0.0671. The third kappa shape index (κ3) is 2.37. The highest BCUT2D eigenvalue weighted by atomic mass is 16.5. The van der Waals surface area contributed by atoms with Gasteiger partial charge < -0.3 is 4.74 Å². The molecule has 0 aromatic heterocycles. The van der Waals surface area contributed by atoms with Gasteiger partial charge in [0.15, 0.2) is 0 Å². The van der Waals surface area contributed by atoms with Gasteiger partial charge in [-0.15, -0.1) is 0 Å². The molecule has 0 amide bonds. The Labute approximate surface area is 135 Å². The summed E-state index contributed by atoms with van der Waals surface area (Å²) < 4.78 is 6.25. The molecule has 1 aliphatic rings. The Morgan fingerprint density at radius 1 is 0.739 bits per heavy atom. The van der Waals surface area contributed by atoms with Crippen molar-refractivity contribution < 1.29 is 4.74 Å². The van der Waals surface area contributed by atoms with Crippen molar-refractivity contribution in [2.45, 2.75) is 12.0 Å². The number of para-hydroxylation sites is 1. The molecule has 4 rings (SSSR count). The van der Waals surface area contributed by atoms with Gasteiger partial charge in [0.25, 0.3) is 0 Å². The van der Waals surface area contributed by atoms with E-state index in [1.807, 2.05) is 42.5 Å². The van der Waals surface area contributed by atoms with Crippen LogP contribution in [0, 0.1) is 11.3 Å². The molecule has 3 aromatic carbocycles. The smallest absolute Gasteiger partial charge is 0.135 e. The summed E-state index contributed by atoms with van der Waals surface area (Å²) in [5, 5.41) is 8.98. The minimum Gasteiger partial charge on any atom is -0.484 e. The van der Waals surface area contributed by atoms with Crippen LogP contribution in [0.1, 0.15) is 34.3 Å². The van der Waals surface area contributed by atoms with E-state index in [1.165, 1.54) is 11.1 Å². The average Bonchev–Trinajstić information content (AvgIpc) is 3.02. The van der Waals surface area contributed by atoms with Gasteiger partial charge in [0, 0.05) is 5.56 Å². The molecule has 1 aliphatic heterocycles. The normalized spacial score (nSPS) is 18.7. The van der Waals surface area contributed by atoms with Crippen molar-refractivity contribution in [1.29, 1.82) is 5.26 Å². The first kappa shape index (κ1) is 13.6. The molecule has 0 aliphatic carbocycles. The lowest BCUT2D eigenvalue weighted by Gasteiger charge is -2.20. The Morgan fingerprint density at radius 3 is 2.17 bits per heavy atom. The topological polar surface area (TPSA) is 33.0 Å². The number of hydrogen-bond acceptors (Lipinski definition) is 2. The van der Waals surface area contributed by atoms with Gasteiger partial charge in [-0.3, -0.25) is 0 Å². The van der Waals surface area contributed by atoms with Crippen LogP contribution < -0.4 is 4.74 Å². The SMILES string of the molecule is N#Cc1ccc([C@H]2Oc3ccccc3[C@H]2c2ccccc2)cc1. The van der Waals surface area contributed by atoms with E-state index < -0.39 is 0 Å². The van der Waals surface area contributed by atoms with Gasteiger partial charge in [0.1, 0.15) is 11.9 Å². The van der Waals surface area contributed by atoms with Gasteiger partial charge in [-0.2, -0.15) is 5.26 Å². The zero-order chi connectivity index (χ0) is 15.6. The maximum Gasteiger partial charge on any atom is 0.135 e. The highest BCUT2D eigenvalue weighted by Gasteiger charge is 2.36. The fourth-order valence-corrected chi connectivity index (χ4v) is 3.24. The summed E-state index contributed by atoms with van der Waals surface area (Å²) in [6, 6.07) is 28.5. The first-order valence-corrected chi connectivity index (χ1v) is 7.67. The average molecular weight is 297 g/mol. The Bertz CT molecular complexity index is 862. The predicted molar refractivity (Wildman–Crippen MR) is 89.3 cm³/mol. The number of nitrogens with zero attached hydrogens (tertiary/aromatic N) is 1. The van der Waals surface area contributed by atoms with Crippen molar-refractivity contribution in [3.05, 3.63) is 101 Å². The lowest BCUT2D eigenvalue weighted by Crippen LogP contribution is -2.11. The van der Waals surface area contributed by atoms with Gasteiger partial charge in [-0.1, -0.05) is 60.7 Å². The largest absolute Gasteiger partial charge is 0.484 e. The maximum atomic E-state index is 8.98. The van der Waals surface area contributed by atoms with Crippen LogP contribution in [-0.2, 0) is 0 Å². The number of nitriles is 1. The standard InChI is InChI=1S/C21H15NO/c22-14-15-10-12-17(13-11-15)21-20(16-6-2-1-3-7-16)18-8-4-5-9-19(18)23-21/h1-13,20-21H/t20-,21-/m1/s1. The molecule has 2 heteroatoms. The number of ether oxygens (including phenoxy) is 1. The van der Waals surface area contributed by atoms with Gasteiger partial charge in [0.2, 0.25) is 0 Å². The Balaban J connectivity index is 1.81. The molecule has 0 radical (unpaired) electrons. The van der Waals surface area contributed by atoms with E-state index >= 15 is 0 Å². The summed E-state index contributed by atoms with van der Waals surface area (Å²) in [6.45, 7) is 0. The summed E-state index contributed by atoms with van der Waals surface area (Å²) in [6.07, 6.45) is -0.0671. The quantitative estimate of drug-likeness (QED) is 0.679. The molecule has 3 aromatic rings. The summed E-state index contributed by atoms with van der Waals surface area (Å²) in [5.41, 5.74) is 4.22. The molecule has 2 nitrogen and oxygen atoms in total. The van der Waals surface area contributed by atoms with Gasteiger partial charge in [-0.25, -0.2) is 0 Å². The van der Waals surface area contributed by atoms with Gasteiger partial charge in [0.05, 0.1) is 17.6 Å². The minimum absolute atomic E-state index is 0.0671. The maximum absolute atomic E-state index is 8.98. The van der Waals surface area contributed by atoms with E-state index in [9.17, 15) is 0 Å². The van der Waals surface area contributed by atoms with Crippen molar-refractivity contribution >= 4 is 0 Å². The molecule has 0 spiro atoms. The van der Waals surface area contributed by atoms with E-state index in [-0.39, 0.29) is 12.0 Å². The second kappa shape index (κ2) is 5.62. The van der Waals surface area contributed by atoms with Crippen molar-refractivity contribution in [1.82, 2.24) is 0 Å². The van der Waals surface area contributed by atoms with Crippen LogP contribution in [0.25, 0.3) is 0 Å². The third-order valence-corrected chi connectivity index (χ3v) is 4.34. The Hall–Kier alpha value is -3.05. The molecular formula is C21H15NO. The van der Waals surface area contributed by atoms with Crippen LogP contribution in [0.5, 0.6) is 5.75 Å². The van der Waals surface area contributed by atoms with Crippen LogP contribution in [0.2, 0.25) is 0 Å². The molecule has 0 N–H and O–H groups in total. The van der Waals surface area contributed by atoms with Crippen LogP contribution in [0.4, 0.5) is 0 Å². The second-order valence-electron chi connectivity index (χ2n) is 5.70. The molecule has 0 unspecified atom stereocenters. The van der Waals surface area contributed by atoms with E-state index in [4.69, 9.17) is 10.00 Å². The van der Waals surface area contributed by atoms with Crippen LogP contribution in [0.3, 0.4) is 0 Å². The summed E-state index contributed by atoms with van der Waals surface area (Å²) in [5.74, 6) is 1.11. The molecule has 0 saturated carbocycles. The van der Waals surface area contributed by atoms with Crippen LogP contribution in [0.15, 0.2) is 78.9 Å². The van der Waals surface area contributed by atoms with Crippen molar-refractivity contribution in [2.75, 3.05) is 0 Å². The first-order chi connectivity index (χ1) is 11.4. The Kier molecular flexibility index (Phi) is 3.33. The molecule has 0 bridgehead atoms. The molecule has 23 heavy (non-hydrogen) atoms. The zero-order valence-corrected chi connectivity index (χ0v) is 12.5. The Morgan fingerprint density at radius 2 is 1.43 bits per heavy atom. The van der Waals surface area contributed by atoms with E-state index in [0.717, 1.165) is 11.3 Å². The number of fused-ring (bicyclic) bond motifs is 1. The van der Waals surface area contributed by atoms with Crippen molar-refractivity contribution in [3.8, 4) is 11.8 Å². The fraction of sp³-hybridized carbons (Fsp3) is 0.0952. The molecule has 0 fully saturated rings. The molecule has 0 saturated heterocycles. The number of hydrogen-bond donors (Lipinski definition) is 0. The van der Waals surface area contributed by atoms with Crippen LogP contribution >= 0.6 is 0 Å². The number of benzene rings is 3.